The monoisotopic (exact) mass is 165 g/mol. The van der Waals surface area contributed by atoms with Crippen molar-refractivity contribution in [3.8, 4) is 0 Å². The van der Waals surface area contributed by atoms with Crippen molar-refractivity contribution >= 4 is 0 Å². The Kier molecular flexibility index (Phi) is 2.45. The molecule has 0 aromatic carbocycles. The van der Waals surface area contributed by atoms with Gasteiger partial charge < -0.3 is 4.42 Å². The Hall–Kier alpha value is -0.790. The quantitative estimate of drug-likeness (QED) is 0.597. The van der Waals surface area contributed by atoms with Crippen molar-refractivity contribution < 1.29 is 4.42 Å². The van der Waals surface area contributed by atoms with Gasteiger partial charge in [-0.2, -0.15) is 0 Å². The van der Waals surface area contributed by atoms with Crippen LogP contribution in [0.25, 0.3) is 0 Å². The van der Waals surface area contributed by atoms with Gasteiger partial charge in [0.15, 0.2) is 5.89 Å². The lowest BCUT2D eigenvalue weighted by atomic mass is 10.0. The van der Waals surface area contributed by atoms with E-state index in [9.17, 15) is 0 Å². The summed E-state index contributed by atoms with van der Waals surface area (Å²) >= 11 is 0. The molecule has 0 spiro atoms. The molecule has 2 heteroatoms. The van der Waals surface area contributed by atoms with Gasteiger partial charge in [-0.15, -0.1) is 0 Å². The zero-order chi connectivity index (χ0) is 8.23. The molecule has 0 radical (unpaired) electrons. The Labute approximate surface area is 73.0 Å². The van der Waals surface area contributed by atoms with Gasteiger partial charge in [0.1, 0.15) is 6.26 Å². The summed E-state index contributed by atoms with van der Waals surface area (Å²) in [4.78, 5) is 4.21. The molecule has 66 valence electrons. The average molecular weight is 165 g/mol. The number of oxazole rings is 1. The maximum atomic E-state index is 5.32. The van der Waals surface area contributed by atoms with E-state index in [1.54, 1.807) is 12.5 Å². The van der Waals surface area contributed by atoms with E-state index >= 15 is 0 Å². The van der Waals surface area contributed by atoms with Gasteiger partial charge in [-0.1, -0.05) is 25.7 Å². The molecule has 0 saturated heterocycles. The molecule has 2 rings (SSSR count). The van der Waals surface area contributed by atoms with E-state index in [0.29, 0.717) is 5.92 Å². The molecule has 1 aliphatic carbocycles. The van der Waals surface area contributed by atoms with Gasteiger partial charge in [-0.3, -0.25) is 0 Å². The van der Waals surface area contributed by atoms with Crippen LogP contribution in [0.4, 0.5) is 0 Å². The Morgan fingerprint density at radius 2 is 1.92 bits per heavy atom. The summed E-state index contributed by atoms with van der Waals surface area (Å²) in [6, 6.07) is 0. The molecular weight excluding hydrogens is 150 g/mol. The van der Waals surface area contributed by atoms with Crippen LogP contribution >= 0.6 is 0 Å². The van der Waals surface area contributed by atoms with Crippen LogP contribution in [0.3, 0.4) is 0 Å². The fourth-order valence-corrected chi connectivity index (χ4v) is 1.96. The summed E-state index contributed by atoms with van der Waals surface area (Å²) in [6.45, 7) is 0. The number of hydrogen-bond donors (Lipinski definition) is 0. The fourth-order valence-electron chi connectivity index (χ4n) is 1.96. The minimum Gasteiger partial charge on any atom is -0.449 e. The highest BCUT2D eigenvalue weighted by atomic mass is 16.3. The van der Waals surface area contributed by atoms with E-state index in [1.807, 2.05) is 0 Å². The third kappa shape index (κ3) is 1.68. The Morgan fingerprint density at radius 3 is 2.50 bits per heavy atom. The lowest BCUT2D eigenvalue weighted by molar-refractivity contribution is 0.419. The maximum Gasteiger partial charge on any atom is 0.197 e. The first kappa shape index (κ1) is 7.84. The standard InChI is InChI=1S/C10H15NO/c1-2-4-6-9(5-3-1)10-11-7-8-12-10/h7-9H,1-6H2. The van der Waals surface area contributed by atoms with Gasteiger partial charge in [0, 0.05) is 5.92 Å². The molecule has 2 nitrogen and oxygen atoms in total. The molecule has 1 heterocycles. The summed E-state index contributed by atoms with van der Waals surface area (Å²) < 4.78 is 5.32. The molecule has 12 heavy (non-hydrogen) atoms. The molecular formula is C10H15NO. The minimum absolute atomic E-state index is 0.600. The van der Waals surface area contributed by atoms with Crippen LogP contribution in [0.2, 0.25) is 0 Å². The van der Waals surface area contributed by atoms with Crippen LogP contribution in [0.5, 0.6) is 0 Å². The number of hydrogen-bond acceptors (Lipinski definition) is 2. The van der Waals surface area contributed by atoms with Gasteiger partial charge >= 0.3 is 0 Å². The molecule has 0 bridgehead atoms. The van der Waals surface area contributed by atoms with Crippen LogP contribution in [-0.2, 0) is 0 Å². The number of aromatic nitrogens is 1. The van der Waals surface area contributed by atoms with E-state index in [4.69, 9.17) is 4.42 Å². The lowest BCUT2D eigenvalue weighted by Gasteiger charge is -2.07. The van der Waals surface area contributed by atoms with Gasteiger partial charge in [0.25, 0.3) is 0 Å². The average Bonchev–Trinajstić information content (AvgIpc) is 2.48. The van der Waals surface area contributed by atoms with Crippen molar-refractivity contribution in [2.75, 3.05) is 0 Å². The first-order valence-electron chi connectivity index (χ1n) is 4.86. The van der Waals surface area contributed by atoms with Crippen molar-refractivity contribution in [1.82, 2.24) is 4.98 Å². The summed E-state index contributed by atoms with van der Waals surface area (Å²) in [5, 5.41) is 0. The highest BCUT2D eigenvalue weighted by Crippen LogP contribution is 2.30. The number of rotatable bonds is 1. The van der Waals surface area contributed by atoms with Crippen LogP contribution in [0.15, 0.2) is 16.9 Å². The second kappa shape index (κ2) is 3.74. The molecule has 0 amide bonds. The summed E-state index contributed by atoms with van der Waals surface area (Å²) in [5.41, 5.74) is 0. The molecule has 0 atom stereocenters. The second-order valence-corrected chi connectivity index (χ2v) is 3.56. The van der Waals surface area contributed by atoms with Crippen molar-refractivity contribution in [2.24, 2.45) is 0 Å². The van der Waals surface area contributed by atoms with Gasteiger partial charge in [-0.25, -0.2) is 4.98 Å². The molecule has 1 aromatic rings. The fraction of sp³-hybridized carbons (Fsp3) is 0.700. The molecule has 1 aromatic heterocycles. The Morgan fingerprint density at radius 1 is 1.17 bits per heavy atom. The van der Waals surface area contributed by atoms with Gasteiger partial charge in [0.2, 0.25) is 0 Å². The third-order valence-corrected chi connectivity index (χ3v) is 2.66. The predicted molar refractivity (Wildman–Crippen MR) is 46.9 cm³/mol. The van der Waals surface area contributed by atoms with E-state index in [2.05, 4.69) is 4.98 Å². The van der Waals surface area contributed by atoms with Crippen molar-refractivity contribution in [3.63, 3.8) is 0 Å². The maximum absolute atomic E-state index is 5.32. The highest BCUT2D eigenvalue weighted by Gasteiger charge is 2.17. The SMILES string of the molecule is c1coc(C2CCCCCC2)n1. The molecule has 1 fully saturated rings. The number of nitrogens with zero attached hydrogens (tertiary/aromatic N) is 1. The summed E-state index contributed by atoms with van der Waals surface area (Å²) in [5.74, 6) is 1.55. The topological polar surface area (TPSA) is 26.0 Å². The summed E-state index contributed by atoms with van der Waals surface area (Å²) in [7, 11) is 0. The largest absolute Gasteiger partial charge is 0.449 e. The van der Waals surface area contributed by atoms with Crippen LogP contribution in [0, 0.1) is 0 Å². The Bertz CT molecular complexity index is 210. The van der Waals surface area contributed by atoms with Crippen LogP contribution in [0.1, 0.15) is 50.3 Å². The van der Waals surface area contributed by atoms with E-state index in [1.165, 1.54) is 38.5 Å². The zero-order valence-corrected chi connectivity index (χ0v) is 7.33. The van der Waals surface area contributed by atoms with E-state index in [-0.39, 0.29) is 0 Å². The smallest absolute Gasteiger partial charge is 0.197 e. The molecule has 0 N–H and O–H groups in total. The molecule has 0 aliphatic heterocycles. The van der Waals surface area contributed by atoms with Crippen molar-refractivity contribution in [1.29, 1.82) is 0 Å². The minimum atomic E-state index is 0.600. The van der Waals surface area contributed by atoms with Crippen LogP contribution < -0.4 is 0 Å². The van der Waals surface area contributed by atoms with Gasteiger partial charge in [-0.05, 0) is 12.8 Å². The first-order chi connectivity index (χ1) is 5.97. The van der Waals surface area contributed by atoms with Crippen molar-refractivity contribution in [2.45, 2.75) is 44.4 Å². The third-order valence-electron chi connectivity index (χ3n) is 2.66. The second-order valence-electron chi connectivity index (χ2n) is 3.56. The van der Waals surface area contributed by atoms with Gasteiger partial charge in [0.05, 0.1) is 6.20 Å². The zero-order valence-electron chi connectivity index (χ0n) is 7.33. The van der Waals surface area contributed by atoms with Crippen molar-refractivity contribution in [3.05, 3.63) is 18.4 Å². The highest BCUT2D eigenvalue weighted by molar-refractivity contribution is 4.92. The van der Waals surface area contributed by atoms with E-state index < -0.39 is 0 Å². The first-order valence-corrected chi connectivity index (χ1v) is 4.86. The molecule has 1 aliphatic rings. The normalized spacial score (nSPS) is 20.7. The summed E-state index contributed by atoms with van der Waals surface area (Å²) in [6.07, 6.45) is 11.4. The molecule has 1 saturated carbocycles. The molecule has 0 unspecified atom stereocenters. The lowest BCUT2D eigenvalue weighted by Crippen LogP contribution is -1.96. The Balaban J connectivity index is 2.02. The van der Waals surface area contributed by atoms with E-state index in [0.717, 1.165) is 5.89 Å². The predicted octanol–water partition coefficient (Wildman–Crippen LogP) is 3.11. The van der Waals surface area contributed by atoms with Crippen LogP contribution in [-0.4, -0.2) is 4.98 Å².